The Hall–Kier alpha value is -0.733. The minimum atomic E-state index is -1.82. The van der Waals surface area contributed by atoms with Gasteiger partial charge in [0, 0.05) is 11.6 Å². The van der Waals surface area contributed by atoms with Crippen LogP contribution in [-0.2, 0) is 19.5 Å². The Labute approximate surface area is 190 Å². The van der Waals surface area contributed by atoms with Crippen molar-refractivity contribution in [1.82, 2.24) is 0 Å². The largest absolute Gasteiger partial charge is 0.417 e. The molecule has 1 unspecified atom stereocenters. The van der Waals surface area contributed by atoms with Crippen molar-refractivity contribution in [1.29, 1.82) is 0 Å². The van der Waals surface area contributed by atoms with E-state index in [4.69, 9.17) is 25.5 Å². The summed E-state index contributed by atoms with van der Waals surface area (Å²) in [7, 11) is -1.82. The molecule has 1 fully saturated rings. The van der Waals surface area contributed by atoms with E-state index in [1.807, 2.05) is 35.7 Å². The summed E-state index contributed by atoms with van der Waals surface area (Å²) < 4.78 is 17.6. The molecule has 30 heavy (non-hydrogen) atoms. The molecule has 1 atom stereocenters. The van der Waals surface area contributed by atoms with E-state index in [0.717, 1.165) is 22.4 Å². The van der Waals surface area contributed by atoms with Crippen LogP contribution in [0, 0.1) is 0 Å². The minimum absolute atomic E-state index is 0.166. The van der Waals surface area contributed by atoms with Crippen LogP contribution < -0.4 is 0 Å². The fraction of sp³-hybridized carbons (Fsp3) is 0.565. The van der Waals surface area contributed by atoms with Crippen LogP contribution in [-0.4, -0.2) is 33.2 Å². The standard InChI is InChI=1S/C23H33ClO4SSi/c1-22(2,3)30(4,5)28-11-7-10-23(25,17-8-6-9-19(24)14-17)18-15-20(29-16-18)21-26-12-13-27-21/h6,8-9,14-16,21,25H,7,10-13H2,1-5H3. The molecule has 3 rings (SSSR count). The number of benzene rings is 1. The highest BCUT2D eigenvalue weighted by Crippen LogP contribution is 2.41. The monoisotopic (exact) mass is 468 g/mol. The van der Waals surface area contributed by atoms with E-state index in [9.17, 15) is 5.11 Å². The average molecular weight is 469 g/mol. The summed E-state index contributed by atoms with van der Waals surface area (Å²) >= 11 is 7.80. The van der Waals surface area contributed by atoms with E-state index in [0.29, 0.717) is 31.3 Å². The Bertz CT molecular complexity index is 842. The maximum atomic E-state index is 11.8. The van der Waals surface area contributed by atoms with E-state index in [-0.39, 0.29) is 11.3 Å². The first kappa shape index (κ1) is 23.9. The summed E-state index contributed by atoms with van der Waals surface area (Å²) in [4.78, 5) is 0.973. The van der Waals surface area contributed by atoms with Gasteiger partial charge in [0.2, 0.25) is 0 Å². The number of thiophene rings is 1. The van der Waals surface area contributed by atoms with Crippen molar-refractivity contribution in [2.24, 2.45) is 0 Å². The lowest BCUT2D eigenvalue weighted by molar-refractivity contribution is -0.0415. The van der Waals surface area contributed by atoms with Crippen molar-refractivity contribution < 1.29 is 19.0 Å². The van der Waals surface area contributed by atoms with Gasteiger partial charge in [-0.3, -0.25) is 0 Å². The molecule has 2 aromatic rings. The molecule has 0 amide bonds. The Balaban J connectivity index is 1.79. The Morgan fingerprint density at radius 2 is 1.87 bits per heavy atom. The van der Waals surface area contributed by atoms with Crippen LogP contribution in [0.3, 0.4) is 0 Å². The van der Waals surface area contributed by atoms with Gasteiger partial charge in [0.15, 0.2) is 14.6 Å². The minimum Gasteiger partial charge on any atom is -0.417 e. The van der Waals surface area contributed by atoms with E-state index in [2.05, 4.69) is 33.9 Å². The third-order valence-electron chi connectivity index (χ3n) is 6.21. The molecule has 1 saturated heterocycles. The topological polar surface area (TPSA) is 47.9 Å². The highest BCUT2D eigenvalue weighted by atomic mass is 35.5. The van der Waals surface area contributed by atoms with E-state index < -0.39 is 13.9 Å². The molecule has 1 aromatic heterocycles. The first-order valence-corrected chi connectivity index (χ1v) is 14.6. The van der Waals surface area contributed by atoms with Crippen molar-refractivity contribution in [3.8, 4) is 0 Å². The van der Waals surface area contributed by atoms with Gasteiger partial charge < -0.3 is 19.0 Å². The van der Waals surface area contributed by atoms with Crippen LogP contribution in [0.2, 0.25) is 23.2 Å². The summed E-state index contributed by atoms with van der Waals surface area (Å²) in [6.07, 6.45) is 0.955. The van der Waals surface area contributed by atoms with Crippen LogP contribution in [0.1, 0.15) is 55.9 Å². The molecule has 1 aromatic carbocycles. The lowest BCUT2D eigenvalue weighted by Crippen LogP contribution is -2.41. The van der Waals surface area contributed by atoms with Crippen molar-refractivity contribution in [3.05, 3.63) is 56.7 Å². The molecule has 1 N–H and O–H groups in total. The number of ether oxygens (including phenoxy) is 2. The van der Waals surface area contributed by atoms with Gasteiger partial charge >= 0.3 is 0 Å². The van der Waals surface area contributed by atoms with Crippen LogP contribution in [0.15, 0.2) is 35.7 Å². The Morgan fingerprint density at radius 1 is 1.17 bits per heavy atom. The Morgan fingerprint density at radius 3 is 2.50 bits per heavy atom. The normalized spacial score (nSPS) is 18.0. The van der Waals surface area contributed by atoms with Gasteiger partial charge in [-0.15, -0.1) is 11.3 Å². The molecule has 0 spiro atoms. The average Bonchev–Trinajstić information content (AvgIpc) is 3.35. The first-order chi connectivity index (χ1) is 14.0. The van der Waals surface area contributed by atoms with Crippen LogP contribution in [0.4, 0.5) is 0 Å². The molecule has 0 aliphatic carbocycles. The zero-order valence-corrected chi connectivity index (χ0v) is 21.1. The second kappa shape index (κ2) is 9.41. The van der Waals surface area contributed by atoms with Gasteiger partial charge in [-0.05, 0) is 65.7 Å². The molecule has 1 aliphatic heterocycles. The molecule has 4 nitrogen and oxygen atoms in total. The predicted octanol–water partition coefficient (Wildman–Crippen LogP) is 6.48. The van der Waals surface area contributed by atoms with E-state index in [1.165, 1.54) is 0 Å². The molecule has 0 radical (unpaired) electrons. The summed E-state index contributed by atoms with van der Waals surface area (Å²) in [5.41, 5.74) is 0.491. The fourth-order valence-electron chi connectivity index (χ4n) is 3.29. The zero-order chi connectivity index (χ0) is 22.0. The number of halogens is 1. The van der Waals surface area contributed by atoms with E-state index in [1.54, 1.807) is 11.3 Å². The first-order valence-electron chi connectivity index (χ1n) is 10.5. The maximum absolute atomic E-state index is 11.8. The highest BCUT2D eigenvalue weighted by molar-refractivity contribution is 7.10. The summed E-state index contributed by atoms with van der Waals surface area (Å²) in [6.45, 7) is 13.0. The Kier molecular flexibility index (Phi) is 7.50. The van der Waals surface area contributed by atoms with Gasteiger partial charge in [0.05, 0.1) is 18.1 Å². The van der Waals surface area contributed by atoms with Crippen molar-refractivity contribution in [3.63, 3.8) is 0 Å². The van der Waals surface area contributed by atoms with Crippen LogP contribution in [0.25, 0.3) is 0 Å². The van der Waals surface area contributed by atoms with Gasteiger partial charge in [-0.25, -0.2) is 0 Å². The fourth-order valence-corrected chi connectivity index (χ4v) is 5.54. The molecule has 166 valence electrons. The molecule has 1 aliphatic rings. The lowest BCUT2D eigenvalue weighted by Gasteiger charge is -2.36. The van der Waals surface area contributed by atoms with Crippen LogP contribution >= 0.6 is 22.9 Å². The number of hydrogen-bond acceptors (Lipinski definition) is 5. The summed E-state index contributed by atoms with van der Waals surface area (Å²) in [5.74, 6) is 0. The summed E-state index contributed by atoms with van der Waals surface area (Å²) in [6, 6.07) is 9.48. The maximum Gasteiger partial charge on any atom is 0.193 e. The zero-order valence-electron chi connectivity index (χ0n) is 18.5. The quantitative estimate of drug-likeness (QED) is 0.355. The molecule has 0 bridgehead atoms. The molecule has 7 heteroatoms. The van der Waals surface area contributed by atoms with Crippen molar-refractivity contribution in [2.75, 3.05) is 19.8 Å². The van der Waals surface area contributed by atoms with Gasteiger partial charge in [0.1, 0.15) is 5.60 Å². The second-order valence-corrected chi connectivity index (χ2v) is 15.6. The van der Waals surface area contributed by atoms with Crippen LogP contribution in [0.5, 0.6) is 0 Å². The number of hydrogen-bond donors (Lipinski definition) is 1. The highest BCUT2D eigenvalue weighted by Gasteiger charge is 2.38. The number of rotatable bonds is 8. The SMILES string of the molecule is CC(C)(C)[Si](C)(C)OCCCC(O)(c1cccc(Cl)c1)c1csc(C2OCCO2)c1. The molecule has 2 heterocycles. The van der Waals surface area contributed by atoms with Crippen molar-refractivity contribution in [2.45, 2.75) is 63.6 Å². The second-order valence-electron chi connectivity index (χ2n) is 9.39. The summed E-state index contributed by atoms with van der Waals surface area (Å²) in [5, 5.41) is 14.6. The predicted molar refractivity (Wildman–Crippen MR) is 126 cm³/mol. The molecular weight excluding hydrogens is 436 g/mol. The third kappa shape index (κ3) is 5.36. The van der Waals surface area contributed by atoms with Gasteiger partial charge in [0.25, 0.3) is 0 Å². The smallest absolute Gasteiger partial charge is 0.193 e. The molecular formula is C23H33ClO4SSi. The third-order valence-corrected chi connectivity index (χ3v) is 11.9. The number of aliphatic hydroxyl groups is 1. The molecule has 0 saturated carbocycles. The van der Waals surface area contributed by atoms with Crippen molar-refractivity contribution >= 4 is 31.3 Å². The van der Waals surface area contributed by atoms with E-state index >= 15 is 0 Å². The van der Waals surface area contributed by atoms with Gasteiger partial charge in [-0.2, -0.15) is 0 Å². The lowest BCUT2D eigenvalue weighted by atomic mass is 9.84. The van der Waals surface area contributed by atoms with Gasteiger partial charge in [-0.1, -0.05) is 44.5 Å².